The van der Waals surface area contributed by atoms with Gasteiger partial charge in [-0.25, -0.2) is 9.78 Å². The zero-order chi connectivity index (χ0) is 29.3. The summed E-state index contributed by atoms with van der Waals surface area (Å²) in [6.07, 6.45) is -1.33. The molecule has 11 heteroatoms. The average molecular weight is 581 g/mol. The van der Waals surface area contributed by atoms with Crippen LogP contribution >= 0.6 is 0 Å². The highest BCUT2D eigenvalue weighted by Crippen LogP contribution is 2.36. The second kappa shape index (κ2) is 11.8. The van der Waals surface area contributed by atoms with E-state index in [2.05, 4.69) is 32.3 Å². The highest BCUT2D eigenvalue weighted by Gasteiger charge is 2.34. The predicted molar refractivity (Wildman–Crippen MR) is 155 cm³/mol. The Morgan fingerprint density at radius 3 is 2.60 bits per heavy atom. The summed E-state index contributed by atoms with van der Waals surface area (Å²) in [6, 6.07) is 11.4. The van der Waals surface area contributed by atoms with E-state index in [0.29, 0.717) is 25.3 Å². The quantitative estimate of drug-likeness (QED) is 0.396. The lowest BCUT2D eigenvalue weighted by atomic mass is 9.99. The van der Waals surface area contributed by atoms with Gasteiger partial charge in [0.05, 0.1) is 5.56 Å². The number of alkyl halides is 3. The number of rotatable bonds is 6. The summed E-state index contributed by atoms with van der Waals surface area (Å²) in [5, 5.41) is 5.95. The van der Waals surface area contributed by atoms with Gasteiger partial charge in [-0.2, -0.15) is 13.2 Å². The summed E-state index contributed by atoms with van der Waals surface area (Å²) in [4.78, 5) is 23.5. The molecular weight excluding hydrogens is 545 g/mol. The van der Waals surface area contributed by atoms with Crippen molar-refractivity contribution in [2.24, 2.45) is 0 Å². The maximum absolute atomic E-state index is 14.1. The summed E-state index contributed by atoms with van der Waals surface area (Å²) in [5.41, 5.74) is 2.76. The van der Waals surface area contributed by atoms with Gasteiger partial charge in [0.25, 0.3) is 0 Å². The first-order valence-electron chi connectivity index (χ1n) is 14.5. The van der Waals surface area contributed by atoms with E-state index in [0.717, 1.165) is 80.0 Å². The number of carbonyl (C=O) groups excluding carboxylic acids is 1. The second-order valence-electron chi connectivity index (χ2n) is 11.0. The van der Waals surface area contributed by atoms with Crippen LogP contribution in [-0.4, -0.2) is 71.5 Å². The SMILES string of the molecule is CCN1CCN(Cc2ccc(NC(=O)N3CCc4ccc(Oc5ccnc6c5CCN6)cc4C3)cc2C(F)(F)F)CC1. The van der Waals surface area contributed by atoms with Crippen LogP contribution in [0.4, 0.5) is 29.5 Å². The van der Waals surface area contributed by atoms with Gasteiger partial charge in [0.1, 0.15) is 17.3 Å². The highest BCUT2D eigenvalue weighted by molar-refractivity contribution is 5.89. The van der Waals surface area contributed by atoms with Crippen molar-refractivity contribution >= 4 is 17.5 Å². The maximum Gasteiger partial charge on any atom is 0.416 e. The number of carbonyl (C=O) groups is 1. The van der Waals surface area contributed by atoms with Gasteiger partial charge in [0, 0.05) is 69.8 Å². The van der Waals surface area contributed by atoms with E-state index in [1.165, 1.54) is 6.07 Å². The molecule has 3 aromatic rings. The van der Waals surface area contributed by atoms with Crippen molar-refractivity contribution in [1.82, 2.24) is 19.7 Å². The third kappa shape index (κ3) is 6.17. The van der Waals surface area contributed by atoms with Crippen LogP contribution in [0.1, 0.15) is 34.7 Å². The van der Waals surface area contributed by atoms with Crippen molar-refractivity contribution in [3.05, 3.63) is 76.5 Å². The molecule has 2 amide bonds. The molecule has 4 heterocycles. The molecule has 2 aromatic carbocycles. The molecule has 0 unspecified atom stereocenters. The number of hydrogen-bond donors (Lipinski definition) is 2. The lowest BCUT2D eigenvalue weighted by molar-refractivity contribution is -0.138. The normalized spacial score (nSPS) is 17.4. The zero-order valence-electron chi connectivity index (χ0n) is 23.6. The Bertz CT molecular complexity index is 1460. The lowest BCUT2D eigenvalue weighted by Crippen LogP contribution is -2.45. The topological polar surface area (TPSA) is 73.0 Å². The van der Waals surface area contributed by atoms with E-state index < -0.39 is 17.8 Å². The number of pyridine rings is 1. The van der Waals surface area contributed by atoms with Gasteiger partial charge in [-0.15, -0.1) is 0 Å². The molecule has 0 radical (unpaired) electrons. The Morgan fingerprint density at radius 2 is 1.81 bits per heavy atom. The monoisotopic (exact) mass is 580 g/mol. The third-order valence-electron chi connectivity index (χ3n) is 8.36. The summed E-state index contributed by atoms with van der Waals surface area (Å²) < 4.78 is 48.4. The van der Waals surface area contributed by atoms with Crippen LogP contribution in [0.15, 0.2) is 48.7 Å². The number of nitrogens with one attached hydrogen (secondary N) is 2. The first kappa shape index (κ1) is 28.3. The fourth-order valence-electron chi connectivity index (χ4n) is 5.93. The van der Waals surface area contributed by atoms with Gasteiger partial charge in [-0.3, -0.25) is 4.90 Å². The largest absolute Gasteiger partial charge is 0.457 e. The number of piperazine rings is 1. The fraction of sp³-hybridized carbons (Fsp3) is 0.419. The average Bonchev–Trinajstić information content (AvgIpc) is 3.47. The van der Waals surface area contributed by atoms with Crippen molar-refractivity contribution in [3.63, 3.8) is 0 Å². The number of likely N-dealkylation sites (N-methyl/N-ethyl adjacent to an activating group) is 1. The number of amides is 2. The number of hydrogen-bond acceptors (Lipinski definition) is 6. The molecule has 0 saturated carbocycles. The third-order valence-corrected chi connectivity index (χ3v) is 8.36. The molecule has 0 aliphatic carbocycles. The van der Waals surface area contributed by atoms with Gasteiger partial charge in [-0.1, -0.05) is 19.1 Å². The second-order valence-corrected chi connectivity index (χ2v) is 11.0. The standard InChI is InChI=1S/C31H35F3N6O2/c1-2-38-13-15-39(16-14-38)19-22-3-5-24(18-27(22)31(32,33)34)37-30(41)40-12-9-21-4-6-25(17-23(21)20-40)42-28-8-11-36-29-26(28)7-10-35-29/h3-6,8,11,17-18H,2,7,9-10,12-16,19-20H2,1H3,(H,35,36)(H,37,41). The Morgan fingerprint density at radius 1 is 1.00 bits per heavy atom. The molecule has 0 atom stereocenters. The first-order chi connectivity index (χ1) is 20.3. The van der Waals surface area contributed by atoms with E-state index >= 15 is 0 Å². The van der Waals surface area contributed by atoms with Crippen LogP contribution in [0.2, 0.25) is 0 Å². The number of aromatic nitrogens is 1. The Labute approximate surface area is 243 Å². The van der Waals surface area contributed by atoms with Crippen LogP contribution in [0.5, 0.6) is 11.5 Å². The van der Waals surface area contributed by atoms with Gasteiger partial charge in [0.15, 0.2) is 0 Å². The number of nitrogens with zero attached hydrogens (tertiary/aromatic N) is 4. The van der Waals surface area contributed by atoms with Gasteiger partial charge in [0.2, 0.25) is 0 Å². The molecular formula is C31H35F3N6O2. The number of urea groups is 1. The molecule has 42 heavy (non-hydrogen) atoms. The Balaban J connectivity index is 1.12. The van der Waals surface area contributed by atoms with Gasteiger partial charge < -0.3 is 25.2 Å². The number of fused-ring (bicyclic) bond motifs is 2. The van der Waals surface area contributed by atoms with Crippen molar-refractivity contribution < 1.29 is 22.7 Å². The smallest absolute Gasteiger partial charge is 0.416 e. The number of anilines is 2. The number of halogens is 3. The highest BCUT2D eigenvalue weighted by atomic mass is 19.4. The molecule has 1 saturated heterocycles. The van der Waals surface area contributed by atoms with Crippen LogP contribution in [0.25, 0.3) is 0 Å². The fourth-order valence-corrected chi connectivity index (χ4v) is 5.93. The number of ether oxygens (including phenoxy) is 1. The van der Waals surface area contributed by atoms with Crippen LogP contribution in [0.3, 0.4) is 0 Å². The van der Waals surface area contributed by atoms with Crippen molar-refractivity contribution in [1.29, 1.82) is 0 Å². The molecule has 8 nitrogen and oxygen atoms in total. The Hall–Kier alpha value is -3.83. The van der Waals surface area contributed by atoms with Crippen LogP contribution < -0.4 is 15.4 Å². The maximum atomic E-state index is 14.1. The minimum atomic E-state index is -4.52. The molecule has 222 valence electrons. The number of benzene rings is 2. The van der Waals surface area contributed by atoms with Crippen LogP contribution in [0, 0.1) is 0 Å². The van der Waals surface area contributed by atoms with E-state index in [9.17, 15) is 18.0 Å². The summed E-state index contributed by atoms with van der Waals surface area (Å²) in [5.74, 6) is 2.25. The van der Waals surface area contributed by atoms with E-state index in [4.69, 9.17) is 4.74 Å². The van der Waals surface area contributed by atoms with Gasteiger partial charge >= 0.3 is 12.2 Å². The summed E-state index contributed by atoms with van der Waals surface area (Å²) in [7, 11) is 0. The van der Waals surface area contributed by atoms with Gasteiger partial charge in [-0.05, 0) is 66.4 Å². The Kier molecular flexibility index (Phi) is 7.96. The molecule has 1 fully saturated rings. The van der Waals surface area contributed by atoms with Crippen molar-refractivity contribution in [3.8, 4) is 11.5 Å². The van der Waals surface area contributed by atoms with E-state index in [-0.39, 0.29) is 17.8 Å². The summed E-state index contributed by atoms with van der Waals surface area (Å²) in [6.45, 7) is 8.04. The molecule has 6 rings (SSSR count). The molecule has 0 spiro atoms. The molecule has 3 aliphatic heterocycles. The molecule has 1 aromatic heterocycles. The van der Waals surface area contributed by atoms with E-state index in [1.54, 1.807) is 17.2 Å². The molecule has 3 aliphatic rings. The predicted octanol–water partition coefficient (Wildman–Crippen LogP) is 5.59. The van der Waals surface area contributed by atoms with Crippen molar-refractivity contribution in [2.45, 2.75) is 39.0 Å². The first-order valence-corrected chi connectivity index (χ1v) is 14.5. The van der Waals surface area contributed by atoms with E-state index in [1.807, 2.05) is 24.3 Å². The lowest BCUT2D eigenvalue weighted by Gasteiger charge is -2.34. The minimum Gasteiger partial charge on any atom is -0.457 e. The zero-order valence-corrected chi connectivity index (χ0v) is 23.6. The van der Waals surface area contributed by atoms with Crippen LogP contribution in [-0.2, 0) is 32.1 Å². The van der Waals surface area contributed by atoms with Crippen molar-refractivity contribution in [2.75, 3.05) is 56.4 Å². The molecule has 2 N–H and O–H groups in total. The molecule has 0 bridgehead atoms. The minimum absolute atomic E-state index is 0.134. The summed E-state index contributed by atoms with van der Waals surface area (Å²) >= 11 is 0.